The molecule has 0 bridgehead atoms. The highest BCUT2D eigenvalue weighted by Crippen LogP contribution is 2.39. The normalized spacial score (nSPS) is 17.5. The predicted molar refractivity (Wildman–Crippen MR) is 125 cm³/mol. The van der Waals surface area contributed by atoms with E-state index in [4.69, 9.17) is 4.98 Å². The monoisotopic (exact) mass is 428 g/mol. The van der Waals surface area contributed by atoms with Crippen LogP contribution in [0.5, 0.6) is 0 Å². The second kappa shape index (κ2) is 8.02. The third kappa shape index (κ3) is 3.75. The zero-order valence-corrected chi connectivity index (χ0v) is 18.6. The van der Waals surface area contributed by atoms with Crippen molar-refractivity contribution in [3.63, 3.8) is 0 Å². The summed E-state index contributed by atoms with van der Waals surface area (Å²) in [4.78, 5) is 37.9. The Bertz CT molecular complexity index is 1210. The highest BCUT2D eigenvalue weighted by molar-refractivity contribution is 5.94. The van der Waals surface area contributed by atoms with Gasteiger partial charge in [-0.05, 0) is 24.1 Å². The van der Waals surface area contributed by atoms with Gasteiger partial charge in [-0.1, -0.05) is 56.3 Å². The minimum atomic E-state index is -0.258. The first-order chi connectivity index (χ1) is 15.4. The first kappa shape index (κ1) is 20.6. The molecule has 5 rings (SSSR count). The lowest BCUT2D eigenvalue weighted by molar-refractivity contribution is 0.0625. The van der Waals surface area contributed by atoms with Crippen LogP contribution < -0.4 is 5.56 Å². The molecule has 0 spiro atoms. The number of benzene rings is 2. The summed E-state index contributed by atoms with van der Waals surface area (Å²) in [6.07, 6.45) is 0.831. The molecule has 1 amide bonds. The Morgan fingerprint density at radius 3 is 2.44 bits per heavy atom. The molecule has 2 aliphatic rings. The maximum atomic E-state index is 13.1. The average Bonchev–Trinajstić information content (AvgIpc) is 2.79. The third-order valence-electron chi connectivity index (χ3n) is 6.60. The SMILES string of the molecule is CC1(C)Cc2ccccc2-c2nc(CN3CCN(C(=O)c4ccccc4)CC3)[nH]c(=O)c21. The van der Waals surface area contributed by atoms with Crippen LogP contribution in [0.1, 0.15) is 41.2 Å². The summed E-state index contributed by atoms with van der Waals surface area (Å²) in [6.45, 7) is 7.63. The summed E-state index contributed by atoms with van der Waals surface area (Å²) in [5, 5.41) is 0. The number of rotatable bonds is 3. The predicted octanol–water partition coefficient (Wildman–Crippen LogP) is 3.23. The highest BCUT2D eigenvalue weighted by atomic mass is 16.2. The first-order valence-corrected chi connectivity index (χ1v) is 11.2. The van der Waals surface area contributed by atoms with Crippen LogP contribution in [0.4, 0.5) is 0 Å². The van der Waals surface area contributed by atoms with Crippen molar-refractivity contribution < 1.29 is 4.79 Å². The number of fused-ring (bicyclic) bond motifs is 3. The molecule has 1 aromatic heterocycles. The number of amides is 1. The molecule has 6 heteroatoms. The Balaban J connectivity index is 1.34. The molecule has 2 aromatic carbocycles. The minimum absolute atomic E-state index is 0.0394. The molecule has 0 radical (unpaired) electrons. The molecule has 1 aliphatic carbocycles. The number of carbonyl (C=O) groups is 1. The second-order valence-corrected chi connectivity index (χ2v) is 9.39. The first-order valence-electron chi connectivity index (χ1n) is 11.2. The number of H-pyrrole nitrogens is 1. The fourth-order valence-corrected chi connectivity index (χ4v) is 4.97. The van der Waals surface area contributed by atoms with Crippen molar-refractivity contribution in [1.82, 2.24) is 19.8 Å². The Labute approximate surface area is 187 Å². The van der Waals surface area contributed by atoms with E-state index in [2.05, 4.69) is 35.9 Å². The van der Waals surface area contributed by atoms with Gasteiger partial charge in [0.1, 0.15) is 5.82 Å². The van der Waals surface area contributed by atoms with E-state index in [9.17, 15) is 9.59 Å². The molecule has 1 fully saturated rings. The number of hydrogen-bond acceptors (Lipinski definition) is 4. The Kier molecular flexibility index (Phi) is 5.18. The molecule has 1 aliphatic heterocycles. The van der Waals surface area contributed by atoms with Crippen molar-refractivity contribution in [3.8, 4) is 11.3 Å². The van der Waals surface area contributed by atoms with Crippen LogP contribution in [0.25, 0.3) is 11.3 Å². The molecule has 1 N–H and O–H groups in total. The lowest BCUT2D eigenvalue weighted by Gasteiger charge is -2.35. The van der Waals surface area contributed by atoms with Crippen LogP contribution in [0, 0.1) is 0 Å². The largest absolute Gasteiger partial charge is 0.336 e. The summed E-state index contributed by atoms with van der Waals surface area (Å²) < 4.78 is 0. The quantitative estimate of drug-likeness (QED) is 0.696. The van der Waals surface area contributed by atoms with E-state index < -0.39 is 0 Å². The van der Waals surface area contributed by atoms with Gasteiger partial charge in [0, 0.05) is 48.3 Å². The van der Waals surface area contributed by atoms with Crippen LogP contribution in [0.2, 0.25) is 0 Å². The lowest BCUT2D eigenvalue weighted by Crippen LogP contribution is -2.48. The Morgan fingerprint density at radius 1 is 1.00 bits per heavy atom. The second-order valence-electron chi connectivity index (χ2n) is 9.39. The number of nitrogens with one attached hydrogen (secondary N) is 1. The molecule has 3 aromatic rings. The summed E-state index contributed by atoms with van der Waals surface area (Å²) in [7, 11) is 0. The molecule has 2 heterocycles. The Morgan fingerprint density at radius 2 is 1.69 bits per heavy atom. The summed E-state index contributed by atoms with van der Waals surface area (Å²) in [5.41, 5.74) is 4.32. The number of aromatic nitrogens is 2. The van der Waals surface area contributed by atoms with Gasteiger partial charge >= 0.3 is 0 Å². The third-order valence-corrected chi connectivity index (χ3v) is 6.60. The zero-order valence-electron chi connectivity index (χ0n) is 18.6. The van der Waals surface area contributed by atoms with E-state index in [1.54, 1.807) is 0 Å². The van der Waals surface area contributed by atoms with Gasteiger partial charge in [0.15, 0.2) is 0 Å². The lowest BCUT2D eigenvalue weighted by atomic mass is 9.72. The van der Waals surface area contributed by atoms with Gasteiger partial charge in [0.05, 0.1) is 12.2 Å². The van der Waals surface area contributed by atoms with Gasteiger partial charge in [0.2, 0.25) is 0 Å². The van der Waals surface area contributed by atoms with Crippen molar-refractivity contribution in [2.45, 2.75) is 32.2 Å². The van der Waals surface area contributed by atoms with E-state index >= 15 is 0 Å². The van der Waals surface area contributed by atoms with Gasteiger partial charge < -0.3 is 9.88 Å². The number of aromatic amines is 1. The topological polar surface area (TPSA) is 69.3 Å². The summed E-state index contributed by atoms with van der Waals surface area (Å²) in [6, 6.07) is 17.7. The molecule has 32 heavy (non-hydrogen) atoms. The number of piperazine rings is 1. The summed E-state index contributed by atoms with van der Waals surface area (Å²) >= 11 is 0. The van der Waals surface area contributed by atoms with E-state index in [0.29, 0.717) is 25.5 Å². The molecule has 1 saturated heterocycles. The minimum Gasteiger partial charge on any atom is -0.336 e. The van der Waals surface area contributed by atoms with Gasteiger partial charge in [-0.15, -0.1) is 0 Å². The number of hydrogen-bond donors (Lipinski definition) is 1. The van der Waals surface area contributed by atoms with E-state index in [0.717, 1.165) is 41.9 Å². The van der Waals surface area contributed by atoms with Crippen molar-refractivity contribution in [2.24, 2.45) is 0 Å². The van der Waals surface area contributed by atoms with Crippen molar-refractivity contribution in [3.05, 3.63) is 87.5 Å². The smallest absolute Gasteiger partial charge is 0.255 e. The maximum absolute atomic E-state index is 13.1. The van der Waals surface area contributed by atoms with Crippen molar-refractivity contribution in [1.29, 1.82) is 0 Å². The van der Waals surface area contributed by atoms with Gasteiger partial charge in [-0.3, -0.25) is 14.5 Å². The molecular weight excluding hydrogens is 400 g/mol. The fourth-order valence-electron chi connectivity index (χ4n) is 4.97. The standard InChI is InChI=1S/C26H28N4O2/c1-26(2)16-19-10-6-7-11-20(19)23-22(26)24(31)28-21(27-23)17-29-12-14-30(15-13-29)25(32)18-8-4-3-5-9-18/h3-11H,12-17H2,1-2H3,(H,27,28,31). The molecule has 0 saturated carbocycles. The molecule has 0 atom stereocenters. The average molecular weight is 429 g/mol. The molecule has 164 valence electrons. The van der Waals surface area contributed by atoms with Crippen LogP contribution in [0.3, 0.4) is 0 Å². The van der Waals surface area contributed by atoms with Crippen molar-refractivity contribution in [2.75, 3.05) is 26.2 Å². The van der Waals surface area contributed by atoms with Gasteiger partial charge in [-0.2, -0.15) is 0 Å². The van der Waals surface area contributed by atoms with Gasteiger partial charge in [0.25, 0.3) is 11.5 Å². The molecule has 6 nitrogen and oxygen atoms in total. The summed E-state index contributed by atoms with van der Waals surface area (Å²) in [5.74, 6) is 0.758. The van der Waals surface area contributed by atoms with Crippen LogP contribution in [-0.2, 0) is 18.4 Å². The van der Waals surface area contributed by atoms with Crippen LogP contribution in [0.15, 0.2) is 59.4 Å². The van der Waals surface area contributed by atoms with Crippen molar-refractivity contribution >= 4 is 5.91 Å². The highest BCUT2D eigenvalue weighted by Gasteiger charge is 2.35. The van der Waals surface area contributed by atoms with Gasteiger partial charge in [-0.25, -0.2) is 4.98 Å². The molecule has 0 unspecified atom stereocenters. The molecular formula is C26H28N4O2. The van der Waals surface area contributed by atoms with E-state index in [1.165, 1.54) is 5.56 Å². The zero-order chi connectivity index (χ0) is 22.3. The van der Waals surface area contributed by atoms with Crippen LogP contribution >= 0.6 is 0 Å². The number of carbonyl (C=O) groups excluding carboxylic acids is 1. The number of nitrogens with zero attached hydrogens (tertiary/aromatic N) is 3. The maximum Gasteiger partial charge on any atom is 0.255 e. The Hall–Kier alpha value is -3.25. The van der Waals surface area contributed by atoms with E-state index in [-0.39, 0.29) is 16.9 Å². The van der Waals surface area contributed by atoms with Crippen LogP contribution in [-0.4, -0.2) is 51.9 Å². The fraction of sp³-hybridized carbons (Fsp3) is 0.346. The van der Waals surface area contributed by atoms with E-state index in [1.807, 2.05) is 47.4 Å².